The van der Waals surface area contributed by atoms with Gasteiger partial charge in [0.05, 0.1) is 24.3 Å². The molecule has 0 radical (unpaired) electrons. The molecule has 0 saturated heterocycles. The average Bonchev–Trinajstić information content (AvgIpc) is 2.98. The summed E-state index contributed by atoms with van der Waals surface area (Å²) in [5, 5.41) is 0. The fraction of sp³-hybridized carbons (Fsp3) is 0.647. The molecule has 2 aromatic rings. The van der Waals surface area contributed by atoms with Crippen molar-refractivity contribution in [2.75, 3.05) is 13.2 Å². The molecule has 0 aliphatic rings. The highest BCUT2D eigenvalue weighted by molar-refractivity contribution is 5.89. The Morgan fingerprint density at radius 3 is 1.17 bits per heavy atom. The first-order valence-corrected chi connectivity index (χ1v) is 16.0. The van der Waals surface area contributed by atoms with Crippen LogP contribution in [0.2, 0.25) is 0 Å². The van der Waals surface area contributed by atoms with E-state index in [0.717, 1.165) is 38.8 Å². The predicted octanol–water partition coefficient (Wildman–Crippen LogP) is 1.56. The molecule has 2 rings (SSSR count). The van der Waals surface area contributed by atoms with Crippen LogP contribution < -0.4 is 43.1 Å². The van der Waals surface area contributed by atoms with Crippen molar-refractivity contribution in [1.82, 2.24) is 0 Å². The molecule has 6 nitrogen and oxygen atoms in total. The van der Waals surface area contributed by atoms with Crippen molar-refractivity contribution in [1.29, 1.82) is 0 Å². The molecule has 0 N–H and O–H groups in total. The summed E-state index contributed by atoms with van der Waals surface area (Å²) in [5.41, 5.74) is 1.19. The van der Waals surface area contributed by atoms with Gasteiger partial charge in [0.25, 0.3) is 0 Å². The summed E-state index contributed by atoms with van der Waals surface area (Å²) in [4.78, 5) is 24.6. The van der Waals surface area contributed by atoms with E-state index in [4.69, 9.17) is 9.47 Å². The third-order valence-corrected chi connectivity index (χ3v) is 7.30. The van der Waals surface area contributed by atoms with E-state index in [1.807, 2.05) is 49.1 Å². The summed E-state index contributed by atoms with van der Waals surface area (Å²) >= 11 is 0. The number of hydrogen-bond acceptors (Lipinski definition) is 4. The van der Waals surface area contributed by atoms with Gasteiger partial charge in [-0.1, -0.05) is 65.2 Å². The smallest absolute Gasteiger partial charge is 0.338 e. The largest absolute Gasteiger partial charge is 1.00 e. The predicted molar refractivity (Wildman–Crippen MR) is 159 cm³/mol. The second-order valence-corrected chi connectivity index (χ2v) is 10.9. The zero-order valence-electron chi connectivity index (χ0n) is 26.0. The average molecular weight is 715 g/mol. The van der Waals surface area contributed by atoms with E-state index in [9.17, 15) is 9.59 Å². The number of rotatable bonds is 23. The van der Waals surface area contributed by atoms with E-state index < -0.39 is 0 Å². The summed E-state index contributed by atoms with van der Waals surface area (Å²) in [5.74, 6) is -0.534. The molecule has 0 aliphatic heterocycles. The maximum atomic E-state index is 12.3. The van der Waals surface area contributed by atoms with Crippen LogP contribution >= 0.6 is 0 Å². The first-order chi connectivity index (χ1) is 19.6. The molecule has 0 aliphatic carbocycles. The number of nitrogens with zero attached hydrogens (tertiary/aromatic N) is 2. The van der Waals surface area contributed by atoms with Gasteiger partial charge in [-0.25, -0.2) is 18.7 Å². The number of pyridine rings is 2. The van der Waals surface area contributed by atoms with E-state index in [1.165, 1.54) is 77.0 Å². The number of aromatic nitrogens is 2. The zero-order valence-corrected chi connectivity index (χ0v) is 29.2. The molecule has 2 aromatic heterocycles. The van der Waals surface area contributed by atoms with Crippen molar-refractivity contribution in [3.05, 3.63) is 60.2 Å². The maximum Gasteiger partial charge on any atom is 0.338 e. The van der Waals surface area contributed by atoms with Crippen LogP contribution in [0.15, 0.2) is 49.1 Å². The van der Waals surface area contributed by atoms with Crippen molar-refractivity contribution in [3.8, 4) is 0 Å². The molecule has 2 heterocycles. The van der Waals surface area contributed by atoms with Gasteiger partial charge in [0, 0.05) is 37.1 Å². The van der Waals surface area contributed by atoms with Crippen LogP contribution in [0.3, 0.4) is 0 Å². The minimum absolute atomic E-state index is 0. The van der Waals surface area contributed by atoms with Gasteiger partial charge in [-0.15, -0.1) is 0 Å². The molecule has 0 bridgehead atoms. The van der Waals surface area contributed by atoms with Crippen LogP contribution in [0, 0.1) is 0 Å². The Balaban J connectivity index is 0.00000840. The third-order valence-electron chi connectivity index (χ3n) is 7.30. The van der Waals surface area contributed by atoms with Crippen molar-refractivity contribution >= 4 is 11.9 Å². The minimum Gasteiger partial charge on any atom is -1.00 e. The number of carbonyl (C=O) groups is 2. The lowest BCUT2D eigenvalue weighted by molar-refractivity contribution is -0.697. The number of aryl methyl sites for hydroxylation is 2. The van der Waals surface area contributed by atoms with E-state index in [1.54, 1.807) is 0 Å². The quantitative estimate of drug-likeness (QED) is 0.0998. The Bertz CT molecular complexity index is 862. The lowest BCUT2D eigenvalue weighted by Crippen LogP contribution is -3.00. The van der Waals surface area contributed by atoms with Crippen LogP contribution in [0.5, 0.6) is 0 Å². The first kappa shape index (κ1) is 40.2. The summed E-state index contributed by atoms with van der Waals surface area (Å²) in [6.07, 6.45) is 26.7. The van der Waals surface area contributed by atoms with Gasteiger partial charge in [-0.05, 0) is 38.5 Å². The van der Waals surface area contributed by atoms with E-state index in [0.29, 0.717) is 24.3 Å². The Morgan fingerprint density at radius 2 is 0.810 bits per heavy atom. The van der Waals surface area contributed by atoms with Crippen LogP contribution in [-0.2, 0) is 22.6 Å². The monoisotopic (exact) mass is 712 g/mol. The molecule has 0 aromatic carbocycles. The number of hydrogen-bond donors (Lipinski definition) is 0. The van der Waals surface area contributed by atoms with Crippen LogP contribution in [-0.4, -0.2) is 25.2 Å². The van der Waals surface area contributed by atoms with Gasteiger partial charge < -0.3 is 43.4 Å². The van der Waals surface area contributed by atoms with Gasteiger partial charge in [0.2, 0.25) is 0 Å². The third kappa shape index (κ3) is 18.7. The number of esters is 2. The molecule has 42 heavy (non-hydrogen) atoms. The zero-order chi connectivity index (χ0) is 28.7. The topological polar surface area (TPSA) is 60.4 Å². The van der Waals surface area contributed by atoms with Gasteiger partial charge in [0.15, 0.2) is 24.8 Å². The van der Waals surface area contributed by atoms with Crippen molar-refractivity contribution in [3.63, 3.8) is 0 Å². The van der Waals surface area contributed by atoms with Crippen molar-refractivity contribution < 1.29 is 62.2 Å². The Kier molecular flexibility index (Phi) is 25.7. The normalized spacial score (nSPS) is 10.4. The summed E-state index contributed by atoms with van der Waals surface area (Å²) in [6, 6.07) is 7.37. The van der Waals surface area contributed by atoms with Crippen molar-refractivity contribution in [2.24, 2.45) is 0 Å². The van der Waals surface area contributed by atoms with Crippen LogP contribution in [0.4, 0.5) is 0 Å². The number of ether oxygens (including phenoxy) is 2. The second kappa shape index (κ2) is 26.8. The molecule has 0 spiro atoms. The maximum absolute atomic E-state index is 12.3. The van der Waals surface area contributed by atoms with E-state index in [-0.39, 0.29) is 45.9 Å². The summed E-state index contributed by atoms with van der Waals surface area (Å²) in [7, 11) is 0. The molecule has 0 amide bonds. The SMILES string of the molecule is CCCCCCCC[n+]1ccc(C(=O)OCCCCCCOC(=O)c2cc[n+](CCCCCCCC)cc2)cc1.[Br-].[Br-]. The minimum atomic E-state index is -0.267. The molecule has 8 heteroatoms. The van der Waals surface area contributed by atoms with Gasteiger partial charge in [-0.3, -0.25) is 0 Å². The Hall–Kier alpha value is -1.80. The summed E-state index contributed by atoms with van der Waals surface area (Å²) < 4.78 is 15.1. The lowest BCUT2D eigenvalue weighted by Gasteiger charge is -2.06. The number of unbranched alkanes of at least 4 members (excludes halogenated alkanes) is 13. The van der Waals surface area contributed by atoms with Gasteiger partial charge >= 0.3 is 11.9 Å². The molecule has 0 unspecified atom stereocenters. The summed E-state index contributed by atoms with van der Waals surface area (Å²) in [6.45, 7) is 7.27. The molecule has 0 atom stereocenters. The molecule has 0 fully saturated rings. The standard InChI is InChI=1S/C34H54N2O4.2BrH/c1-3-5-7-9-11-15-23-35-25-19-31(20-26-35)33(37)39-29-17-13-14-18-30-40-34(38)32-21-27-36(28-22-32)24-16-12-10-8-6-4-2;;/h19-22,25-28H,3-18,23-24,29-30H2,1-2H3;2*1H/q+2;;/p-2. The molecular weight excluding hydrogens is 660 g/mol. The van der Waals surface area contributed by atoms with E-state index in [2.05, 4.69) is 23.0 Å². The Morgan fingerprint density at radius 1 is 0.500 bits per heavy atom. The van der Waals surface area contributed by atoms with Gasteiger partial charge in [0.1, 0.15) is 13.1 Å². The van der Waals surface area contributed by atoms with Crippen LogP contribution in [0.1, 0.15) is 137 Å². The highest BCUT2D eigenvalue weighted by Crippen LogP contribution is 2.08. The molecular formula is C34H54Br2N2O4. The fourth-order valence-electron chi connectivity index (χ4n) is 4.69. The fourth-order valence-corrected chi connectivity index (χ4v) is 4.69. The molecule has 238 valence electrons. The highest BCUT2D eigenvalue weighted by atomic mass is 79.9. The lowest BCUT2D eigenvalue weighted by atomic mass is 10.1. The van der Waals surface area contributed by atoms with Gasteiger partial charge in [-0.2, -0.15) is 0 Å². The molecule has 0 saturated carbocycles. The van der Waals surface area contributed by atoms with Crippen molar-refractivity contribution in [2.45, 2.75) is 130 Å². The highest BCUT2D eigenvalue weighted by Gasteiger charge is 2.11. The number of halogens is 2. The van der Waals surface area contributed by atoms with Crippen LogP contribution in [0.25, 0.3) is 0 Å². The van der Waals surface area contributed by atoms with E-state index >= 15 is 0 Å². The second-order valence-electron chi connectivity index (χ2n) is 10.9. The Labute approximate surface area is 276 Å². The number of carbonyl (C=O) groups excluding carboxylic acids is 2. The first-order valence-electron chi connectivity index (χ1n) is 16.0.